The van der Waals surface area contributed by atoms with E-state index in [2.05, 4.69) is 23.6 Å². The quantitative estimate of drug-likeness (QED) is 0.290. The van der Waals surface area contributed by atoms with E-state index in [1.165, 1.54) is 0 Å². The molecule has 0 aliphatic carbocycles. The van der Waals surface area contributed by atoms with Crippen LogP contribution in [0.5, 0.6) is 0 Å². The van der Waals surface area contributed by atoms with E-state index in [1.807, 2.05) is 0 Å². The molecule has 5 heteroatoms. The molecule has 8 N–H and O–H groups in total. The fourth-order valence-corrected chi connectivity index (χ4v) is 0.834. The summed E-state index contributed by atoms with van der Waals surface area (Å²) in [6.07, 6.45) is 2.17. The molecule has 0 aliphatic rings. The van der Waals surface area contributed by atoms with Crippen molar-refractivity contribution in [2.24, 2.45) is 23.2 Å². The molecule has 0 radical (unpaired) electrons. The van der Waals surface area contributed by atoms with Gasteiger partial charge < -0.3 is 16.4 Å². The van der Waals surface area contributed by atoms with Crippen molar-refractivity contribution < 1.29 is 0 Å². The van der Waals surface area contributed by atoms with Crippen molar-refractivity contribution in [3.63, 3.8) is 0 Å². The molecule has 0 rings (SSSR count). The normalized spacial score (nSPS) is 9.50. The van der Waals surface area contributed by atoms with Gasteiger partial charge >= 0.3 is 0 Å². The fourth-order valence-electron chi connectivity index (χ4n) is 0.834. The SMILES string of the molecule is CN(CCCN)CCCN.NN. The second kappa shape index (κ2) is 13.4. The predicted octanol–water partition coefficient (Wildman–Crippen LogP) is -1.57. The van der Waals surface area contributed by atoms with Gasteiger partial charge in [0.05, 0.1) is 0 Å². The Morgan fingerprint density at radius 1 is 0.917 bits per heavy atom. The number of rotatable bonds is 6. The fraction of sp³-hybridized carbons (Fsp3) is 1.00. The van der Waals surface area contributed by atoms with Crippen LogP contribution in [0.1, 0.15) is 12.8 Å². The molecule has 0 heterocycles. The van der Waals surface area contributed by atoms with Gasteiger partial charge in [0.15, 0.2) is 0 Å². The molecule has 0 atom stereocenters. The van der Waals surface area contributed by atoms with Crippen LogP contribution in [0, 0.1) is 0 Å². The van der Waals surface area contributed by atoms with Gasteiger partial charge in [0, 0.05) is 0 Å². The molecule has 0 amide bonds. The first kappa shape index (κ1) is 14.3. The lowest BCUT2D eigenvalue weighted by Crippen LogP contribution is -2.24. The van der Waals surface area contributed by atoms with Gasteiger partial charge in [-0.25, -0.2) is 0 Å². The van der Waals surface area contributed by atoms with E-state index in [0.717, 1.165) is 39.0 Å². The lowest BCUT2D eigenvalue weighted by molar-refractivity contribution is 0.329. The molecule has 0 aromatic heterocycles. The van der Waals surface area contributed by atoms with Crippen LogP contribution in [0.25, 0.3) is 0 Å². The van der Waals surface area contributed by atoms with E-state index in [0.29, 0.717) is 0 Å². The Bertz CT molecular complexity index is 60.8. The maximum Gasteiger partial charge on any atom is -0.000976 e. The summed E-state index contributed by atoms with van der Waals surface area (Å²) in [5.74, 6) is 8.00. The summed E-state index contributed by atoms with van der Waals surface area (Å²) in [5, 5.41) is 0. The molecule has 5 nitrogen and oxygen atoms in total. The zero-order valence-corrected chi connectivity index (χ0v) is 8.00. The van der Waals surface area contributed by atoms with Crippen LogP contribution in [-0.4, -0.2) is 38.1 Å². The van der Waals surface area contributed by atoms with E-state index in [-0.39, 0.29) is 0 Å². The van der Waals surface area contributed by atoms with Crippen molar-refractivity contribution >= 4 is 0 Å². The van der Waals surface area contributed by atoms with Crippen molar-refractivity contribution in [1.29, 1.82) is 0 Å². The molecule has 0 aliphatic heterocycles. The molecule has 0 fully saturated rings. The zero-order valence-electron chi connectivity index (χ0n) is 8.00. The molecule has 76 valence electrons. The first-order valence-electron chi connectivity index (χ1n) is 4.23. The highest BCUT2D eigenvalue weighted by Gasteiger charge is 1.94. The molecule has 0 unspecified atom stereocenters. The van der Waals surface area contributed by atoms with E-state index in [4.69, 9.17) is 11.5 Å². The Hall–Kier alpha value is -0.200. The Balaban J connectivity index is 0. The predicted molar refractivity (Wildman–Crippen MR) is 53.2 cm³/mol. The van der Waals surface area contributed by atoms with E-state index in [9.17, 15) is 0 Å². The van der Waals surface area contributed by atoms with Crippen molar-refractivity contribution in [2.75, 3.05) is 33.2 Å². The number of hydrogen-bond acceptors (Lipinski definition) is 5. The van der Waals surface area contributed by atoms with E-state index in [1.54, 1.807) is 0 Å². The molecule has 12 heavy (non-hydrogen) atoms. The maximum atomic E-state index is 5.35. The summed E-state index contributed by atoms with van der Waals surface area (Å²) in [7, 11) is 2.10. The highest BCUT2D eigenvalue weighted by molar-refractivity contribution is 4.51. The van der Waals surface area contributed by atoms with Crippen molar-refractivity contribution in [1.82, 2.24) is 4.90 Å². The summed E-state index contributed by atoms with van der Waals surface area (Å²) in [6, 6.07) is 0. The van der Waals surface area contributed by atoms with Gasteiger partial charge in [0.25, 0.3) is 0 Å². The number of nitrogens with zero attached hydrogens (tertiary/aromatic N) is 1. The lowest BCUT2D eigenvalue weighted by atomic mass is 10.3. The highest BCUT2D eigenvalue weighted by Crippen LogP contribution is 1.86. The summed E-state index contributed by atoms with van der Waals surface area (Å²) in [4.78, 5) is 2.26. The Morgan fingerprint density at radius 2 is 1.25 bits per heavy atom. The molecular weight excluding hydrogens is 154 g/mol. The van der Waals surface area contributed by atoms with Gasteiger partial charge in [-0.1, -0.05) is 0 Å². The highest BCUT2D eigenvalue weighted by atomic mass is 15.1. The molecule has 0 aromatic carbocycles. The monoisotopic (exact) mass is 177 g/mol. The molecule has 0 bridgehead atoms. The summed E-state index contributed by atoms with van der Waals surface area (Å²) in [6.45, 7) is 3.76. The van der Waals surface area contributed by atoms with Gasteiger partial charge in [-0.3, -0.25) is 11.7 Å². The first-order chi connectivity index (χ1) is 5.81. The second-order valence-electron chi connectivity index (χ2n) is 2.59. The third-order valence-corrected chi connectivity index (χ3v) is 1.49. The van der Waals surface area contributed by atoms with Crippen molar-refractivity contribution in [2.45, 2.75) is 12.8 Å². The van der Waals surface area contributed by atoms with Crippen LogP contribution in [-0.2, 0) is 0 Å². The van der Waals surface area contributed by atoms with Crippen LogP contribution in [0.2, 0.25) is 0 Å². The minimum absolute atomic E-state index is 0.785. The minimum Gasteiger partial charge on any atom is -0.330 e. The standard InChI is InChI=1S/C7H19N3.H4N2/c1-10(6-2-4-8)7-3-5-9;1-2/h2-9H2,1H3;1-2H2. The Kier molecular flexibility index (Phi) is 16.0. The summed E-state index contributed by atoms with van der Waals surface area (Å²) < 4.78 is 0. The van der Waals surface area contributed by atoms with Crippen LogP contribution in [0.15, 0.2) is 0 Å². The third-order valence-electron chi connectivity index (χ3n) is 1.49. The van der Waals surface area contributed by atoms with Gasteiger partial charge in [0.1, 0.15) is 0 Å². The van der Waals surface area contributed by atoms with Gasteiger partial charge in [0.2, 0.25) is 0 Å². The van der Waals surface area contributed by atoms with E-state index < -0.39 is 0 Å². The van der Waals surface area contributed by atoms with Crippen LogP contribution in [0.4, 0.5) is 0 Å². The molecular formula is C7H23N5. The topological polar surface area (TPSA) is 107 Å². The smallest absolute Gasteiger partial charge is 0.000976 e. The van der Waals surface area contributed by atoms with Crippen LogP contribution < -0.4 is 23.2 Å². The van der Waals surface area contributed by atoms with Crippen LogP contribution in [0.3, 0.4) is 0 Å². The Morgan fingerprint density at radius 3 is 1.50 bits per heavy atom. The number of hydrazine groups is 1. The maximum absolute atomic E-state index is 5.35. The Labute approximate surface area is 75.0 Å². The second-order valence-corrected chi connectivity index (χ2v) is 2.59. The summed E-state index contributed by atoms with van der Waals surface area (Å²) >= 11 is 0. The first-order valence-corrected chi connectivity index (χ1v) is 4.23. The third kappa shape index (κ3) is 12.5. The minimum atomic E-state index is 0.785. The largest absolute Gasteiger partial charge is 0.330 e. The van der Waals surface area contributed by atoms with E-state index >= 15 is 0 Å². The number of hydrogen-bond donors (Lipinski definition) is 4. The average Bonchev–Trinajstić information content (AvgIpc) is 2.14. The van der Waals surface area contributed by atoms with Gasteiger partial charge in [-0.15, -0.1) is 0 Å². The molecule has 0 aromatic rings. The van der Waals surface area contributed by atoms with Gasteiger partial charge in [-0.2, -0.15) is 0 Å². The molecule has 0 saturated carbocycles. The van der Waals surface area contributed by atoms with Gasteiger partial charge in [-0.05, 0) is 46.1 Å². The summed E-state index contributed by atoms with van der Waals surface area (Å²) in [5.41, 5.74) is 10.7. The molecule has 0 spiro atoms. The molecule has 0 saturated heterocycles. The van der Waals surface area contributed by atoms with Crippen LogP contribution >= 0.6 is 0 Å². The average molecular weight is 177 g/mol. The lowest BCUT2D eigenvalue weighted by Gasteiger charge is -2.14. The van der Waals surface area contributed by atoms with Crippen molar-refractivity contribution in [3.8, 4) is 0 Å². The number of nitrogens with two attached hydrogens (primary N) is 4. The zero-order chi connectivity index (χ0) is 9.82. The van der Waals surface area contributed by atoms with Crippen molar-refractivity contribution in [3.05, 3.63) is 0 Å².